The molecule has 0 saturated carbocycles. The Morgan fingerprint density at radius 3 is 2.35 bits per heavy atom. The molecule has 0 aliphatic carbocycles. The Balaban J connectivity index is 1.45. The van der Waals surface area contributed by atoms with E-state index in [2.05, 4.69) is 0 Å². The van der Waals surface area contributed by atoms with Crippen LogP contribution in [0.5, 0.6) is 5.75 Å². The number of halogens is 1. The third kappa shape index (κ3) is 5.46. The highest BCUT2D eigenvalue weighted by atomic mass is 32.2. The average Bonchev–Trinajstić information content (AvgIpc) is 3.11. The molecule has 0 bridgehead atoms. The molecule has 3 aromatic carbocycles. The summed E-state index contributed by atoms with van der Waals surface area (Å²) in [6.07, 6.45) is 0.537. The zero-order valence-electron chi connectivity index (χ0n) is 19.0. The zero-order chi connectivity index (χ0) is 24.1. The Morgan fingerprint density at radius 2 is 1.62 bits per heavy atom. The van der Waals surface area contributed by atoms with Gasteiger partial charge in [0.05, 0.1) is 10.5 Å². The minimum absolute atomic E-state index is 0.202. The molecule has 1 aliphatic heterocycles. The summed E-state index contributed by atoms with van der Waals surface area (Å²) in [6, 6.07) is 19.8. The van der Waals surface area contributed by atoms with Gasteiger partial charge in [-0.3, -0.25) is 4.79 Å². The Bertz CT molecular complexity index is 1240. The summed E-state index contributed by atoms with van der Waals surface area (Å²) in [7, 11) is -3.62. The third-order valence-electron chi connectivity index (χ3n) is 5.83. The number of para-hydroxylation sites is 1. The van der Waals surface area contributed by atoms with Crippen molar-refractivity contribution >= 4 is 15.9 Å². The van der Waals surface area contributed by atoms with Gasteiger partial charge in [-0.05, 0) is 55.3 Å². The smallest absolute Gasteiger partial charge is 0.257 e. The highest BCUT2D eigenvalue weighted by molar-refractivity contribution is 7.89. The number of benzene rings is 3. The van der Waals surface area contributed by atoms with Crippen LogP contribution >= 0.6 is 0 Å². The lowest BCUT2D eigenvalue weighted by atomic mass is 10.1. The van der Waals surface area contributed by atoms with Crippen molar-refractivity contribution < 1.29 is 22.3 Å². The normalized spacial score (nSPS) is 15.1. The van der Waals surface area contributed by atoms with Crippen LogP contribution in [-0.4, -0.2) is 49.7 Å². The van der Waals surface area contributed by atoms with Gasteiger partial charge in [-0.15, -0.1) is 0 Å². The van der Waals surface area contributed by atoms with Crippen LogP contribution in [0.4, 0.5) is 4.39 Å². The van der Waals surface area contributed by atoms with E-state index >= 15 is 0 Å². The first-order valence-corrected chi connectivity index (χ1v) is 12.6. The van der Waals surface area contributed by atoms with Crippen LogP contribution in [0.2, 0.25) is 0 Å². The Morgan fingerprint density at radius 1 is 0.912 bits per heavy atom. The number of carbonyl (C=O) groups excluding carboxylic acids is 1. The molecular weight excluding hydrogens is 455 g/mol. The van der Waals surface area contributed by atoms with Crippen molar-refractivity contribution in [3.63, 3.8) is 0 Å². The minimum Gasteiger partial charge on any atom is -0.488 e. The van der Waals surface area contributed by atoms with Gasteiger partial charge in [0, 0.05) is 26.2 Å². The molecule has 4 rings (SSSR count). The predicted molar refractivity (Wildman–Crippen MR) is 128 cm³/mol. The summed E-state index contributed by atoms with van der Waals surface area (Å²) >= 11 is 0. The van der Waals surface area contributed by atoms with E-state index in [9.17, 15) is 17.6 Å². The molecule has 1 fully saturated rings. The molecule has 34 heavy (non-hydrogen) atoms. The number of rotatable bonds is 6. The maximum Gasteiger partial charge on any atom is 0.257 e. The van der Waals surface area contributed by atoms with Crippen molar-refractivity contribution in [2.75, 3.05) is 26.2 Å². The zero-order valence-corrected chi connectivity index (χ0v) is 19.8. The maximum absolute atomic E-state index is 13.3. The van der Waals surface area contributed by atoms with Crippen molar-refractivity contribution in [2.24, 2.45) is 0 Å². The van der Waals surface area contributed by atoms with Crippen molar-refractivity contribution in [3.8, 4) is 5.75 Å². The van der Waals surface area contributed by atoms with Crippen molar-refractivity contribution in [2.45, 2.75) is 24.8 Å². The van der Waals surface area contributed by atoms with Crippen LogP contribution in [0.1, 0.15) is 27.9 Å². The fraction of sp³-hybridized carbons (Fsp3) is 0.269. The van der Waals surface area contributed by atoms with E-state index < -0.39 is 10.0 Å². The molecule has 0 spiro atoms. The lowest BCUT2D eigenvalue weighted by molar-refractivity contribution is 0.0759. The van der Waals surface area contributed by atoms with Gasteiger partial charge in [0.1, 0.15) is 18.2 Å². The number of nitrogens with zero attached hydrogens (tertiary/aromatic N) is 2. The second-order valence-corrected chi connectivity index (χ2v) is 10.2. The van der Waals surface area contributed by atoms with Crippen molar-refractivity contribution in [1.29, 1.82) is 0 Å². The largest absolute Gasteiger partial charge is 0.488 e. The van der Waals surface area contributed by atoms with Crippen LogP contribution in [0.3, 0.4) is 0 Å². The molecule has 0 unspecified atom stereocenters. The van der Waals surface area contributed by atoms with Gasteiger partial charge in [0.25, 0.3) is 5.91 Å². The van der Waals surface area contributed by atoms with Crippen LogP contribution in [0.25, 0.3) is 0 Å². The number of hydrogen-bond donors (Lipinski definition) is 0. The molecule has 1 heterocycles. The predicted octanol–water partition coefficient (Wildman–Crippen LogP) is 4.25. The third-order valence-corrected chi connectivity index (χ3v) is 7.74. The number of carbonyl (C=O) groups is 1. The quantitative estimate of drug-likeness (QED) is 0.527. The molecule has 1 saturated heterocycles. The highest BCUT2D eigenvalue weighted by Crippen LogP contribution is 2.23. The molecule has 178 valence electrons. The average molecular weight is 483 g/mol. The molecule has 3 aromatic rings. The van der Waals surface area contributed by atoms with Gasteiger partial charge in [-0.1, -0.05) is 42.0 Å². The molecule has 6 nitrogen and oxygen atoms in total. The standard InChI is InChI=1S/C26H27FN2O4S/c1-20-7-13-23(14-8-20)34(31,32)29-16-4-15-28(17-18-29)26(30)24-5-2-3-6-25(24)33-19-21-9-11-22(27)12-10-21/h2-3,5-14H,4,15-19H2,1H3. The van der Waals surface area contributed by atoms with E-state index in [1.807, 2.05) is 6.92 Å². The molecule has 0 atom stereocenters. The lowest BCUT2D eigenvalue weighted by Crippen LogP contribution is -2.37. The number of aryl methyl sites for hydroxylation is 1. The second kappa shape index (κ2) is 10.4. The Kier molecular flexibility index (Phi) is 7.29. The number of sulfonamides is 1. The van der Waals surface area contributed by atoms with Crippen LogP contribution in [-0.2, 0) is 16.6 Å². The van der Waals surface area contributed by atoms with E-state index in [0.29, 0.717) is 30.8 Å². The van der Waals surface area contributed by atoms with E-state index in [1.54, 1.807) is 65.6 Å². The number of hydrogen-bond acceptors (Lipinski definition) is 4. The summed E-state index contributed by atoms with van der Waals surface area (Å²) < 4.78 is 46.6. The van der Waals surface area contributed by atoms with Gasteiger partial charge >= 0.3 is 0 Å². The summed E-state index contributed by atoms with van der Waals surface area (Å²) in [6.45, 7) is 3.42. The molecule has 1 aliphatic rings. The van der Waals surface area contributed by atoms with Crippen molar-refractivity contribution in [3.05, 3.63) is 95.3 Å². The van der Waals surface area contributed by atoms with Crippen molar-refractivity contribution in [1.82, 2.24) is 9.21 Å². The Hall–Kier alpha value is -3.23. The molecular formula is C26H27FN2O4S. The molecule has 0 aromatic heterocycles. The second-order valence-electron chi connectivity index (χ2n) is 8.27. The van der Waals surface area contributed by atoms with E-state index in [0.717, 1.165) is 11.1 Å². The molecule has 0 radical (unpaired) electrons. The van der Waals surface area contributed by atoms with E-state index in [-0.39, 0.29) is 36.3 Å². The Labute approximate surface area is 199 Å². The van der Waals surface area contributed by atoms with E-state index in [1.165, 1.54) is 16.4 Å². The van der Waals surface area contributed by atoms with E-state index in [4.69, 9.17) is 4.74 Å². The summed E-state index contributed by atoms with van der Waals surface area (Å²) in [5.74, 6) is -0.0894. The monoisotopic (exact) mass is 482 g/mol. The summed E-state index contributed by atoms with van der Waals surface area (Å²) in [5, 5.41) is 0. The molecule has 1 amide bonds. The first-order chi connectivity index (χ1) is 16.3. The van der Waals surface area contributed by atoms with Crippen LogP contribution in [0.15, 0.2) is 77.7 Å². The fourth-order valence-corrected chi connectivity index (χ4v) is 5.35. The topological polar surface area (TPSA) is 66.9 Å². The highest BCUT2D eigenvalue weighted by Gasteiger charge is 2.29. The maximum atomic E-state index is 13.3. The first kappa shape index (κ1) is 23.9. The number of amides is 1. The van der Waals surface area contributed by atoms with Gasteiger partial charge in [0.2, 0.25) is 10.0 Å². The summed E-state index contributed by atoms with van der Waals surface area (Å²) in [5.41, 5.74) is 2.20. The lowest BCUT2D eigenvalue weighted by Gasteiger charge is -2.23. The van der Waals surface area contributed by atoms with Gasteiger partial charge in [-0.25, -0.2) is 12.8 Å². The van der Waals surface area contributed by atoms with Gasteiger partial charge in [0.15, 0.2) is 0 Å². The summed E-state index contributed by atoms with van der Waals surface area (Å²) in [4.78, 5) is 15.3. The van der Waals surface area contributed by atoms with Crippen LogP contribution < -0.4 is 4.74 Å². The molecule has 0 N–H and O–H groups in total. The number of ether oxygens (including phenoxy) is 1. The first-order valence-electron chi connectivity index (χ1n) is 11.2. The fourth-order valence-electron chi connectivity index (χ4n) is 3.88. The van der Waals surface area contributed by atoms with Crippen LogP contribution in [0, 0.1) is 12.7 Å². The van der Waals surface area contributed by atoms with Gasteiger partial charge < -0.3 is 9.64 Å². The SMILES string of the molecule is Cc1ccc(S(=O)(=O)N2CCCN(C(=O)c3ccccc3OCc3ccc(F)cc3)CC2)cc1. The van der Waals surface area contributed by atoms with Gasteiger partial charge in [-0.2, -0.15) is 4.31 Å². The molecule has 8 heteroatoms. The minimum atomic E-state index is -3.62.